The summed E-state index contributed by atoms with van der Waals surface area (Å²) in [5.41, 5.74) is 2.06. The predicted octanol–water partition coefficient (Wildman–Crippen LogP) is 3.44. The number of rotatable bonds is 7. The summed E-state index contributed by atoms with van der Waals surface area (Å²) in [4.78, 5) is 11.8. The molecule has 1 amide bonds. The van der Waals surface area contributed by atoms with E-state index in [9.17, 15) is 4.79 Å². The van der Waals surface area contributed by atoms with Crippen LogP contribution in [0.15, 0.2) is 48.5 Å². The molecule has 0 aliphatic carbocycles. The zero-order valence-electron chi connectivity index (χ0n) is 12.1. The first-order valence-electron chi connectivity index (χ1n) is 7.10. The summed E-state index contributed by atoms with van der Waals surface area (Å²) in [7, 11) is 0. The van der Waals surface area contributed by atoms with Crippen molar-refractivity contribution in [3.8, 4) is 0 Å². The van der Waals surface area contributed by atoms with Crippen LogP contribution in [0.25, 0.3) is 0 Å². The average molecular weight is 337 g/mol. The quantitative estimate of drug-likeness (QED) is 0.760. The SMILES string of the molecule is O=C(CNCCc1cccc(Cl)c1)NCc1ccccc1Cl. The Kier molecular flexibility index (Phi) is 6.72. The minimum absolute atomic E-state index is 0.0500. The van der Waals surface area contributed by atoms with Crippen LogP contribution in [-0.2, 0) is 17.8 Å². The van der Waals surface area contributed by atoms with Crippen molar-refractivity contribution in [3.63, 3.8) is 0 Å². The summed E-state index contributed by atoms with van der Waals surface area (Å²) in [5, 5.41) is 7.35. The van der Waals surface area contributed by atoms with E-state index < -0.39 is 0 Å². The number of halogens is 2. The Morgan fingerprint density at radius 2 is 1.86 bits per heavy atom. The lowest BCUT2D eigenvalue weighted by molar-refractivity contribution is -0.120. The molecule has 0 aliphatic heterocycles. The molecular weight excluding hydrogens is 319 g/mol. The molecule has 0 saturated carbocycles. The molecule has 0 fully saturated rings. The van der Waals surface area contributed by atoms with Gasteiger partial charge in [0, 0.05) is 16.6 Å². The van der Waals surface area contributed by atoms with Crippen LogP contribution in [0.1, 0.15) is 11.1 Å². The molecule has 0 unspecified atom stereocenters. The summed E-state index contributed by atoms with van der Waals surface area (Å²) in [5.74, 6) is -0.0500. The van der Waals surface area contributed by atoms with Gasteiger partial charge in [-0.3, -0.25) is 4.79 Å². The van der Waals surface area contributed by atoms with Crippen molar-refractivity contribution in [3.05, 3.63) is 69.7 Å². The summed E-state index contributed by atoms with van der Waals surface area (Å²) < 4.78 is 0. The molecule has 0 saturated heterocycles. The molecule has 0 atom stereocenters. The highest BCUT2D eigenvalue weighted by atomic mass is 35.5. The van der Waals surface area contributed by atoms with Crippen molar-refractivity contribution in [2.75, 3.05) is 13.1 Å². The summed E-state index contributed by atoms with van der Waals surface area (Å²) in [6.07, 6.45) is 0.832. The lowest BCUT2D eigenvalue weighted by Gasteiger charge is -2.08. The predicted molar refractivity (Wildman–Crippen MR) is 91.3 cm³/mol. The summed E-state index contributed by atoms with van der Waals surface area (Å²) in [6, 6.07) is 15.2. The monoisotopic (exact) mass is 336 g/mol. The molecule has 0 spiro atoms. The molecule has 0 bridgehead atoms. The fourth-order valence-electron chi connectivity index (χ4n) is 2.03. The smallest absolute Gasteiger partial charge is 0.234 e. The van der Waals surface area contributed by atoms with Crippen molar-refractivity contribution in [2.45, 2.75) is 13.0 Å². The number of benzene rings is 2. The van der Waals surface area contributed by atoms with Gasteiger partial charge in [-0.2, -0.15) is 0 Å². The van der Waals surface area contributed by atoms with Gasteiger partial charge >= 0.3 is 0 Å². The normalized spacial score (nSPS) is 10.5. The molecule has 0 radical (unpaired) electrons. The second kappa shape index (κ2) is 8.79. The zero-order valence-corrected chi connectivity index (χ0v) is 13.6. The van der Waals surface area contributed by atoms with E-state index in [1.165, 1.54) is 0 Å². The Morgan fingerprint density at radius 1 is 1.05 bits per heavy atom. The van der Waals surface area contributed by atoms with E-state index in [-0.39, 0.29) is 12.5 Å². The van der Waals surface area contributed by atoms with E-state index in [0.717, 1.165) is 29.1 Å². The maximum Gasteiger partial charge on any atom is 0.234 e. The first-order chi connectivity index (χ1) is 10.6. The van der Waals surface area contributed by atoms with Gasteiger partial charge in [0.1, 0.15) is 0 Å². The van der Waals surface area contributed by atoms with Crippen molar-refractivity contribution >= 4 is 29.1 Å². The Labute approximate surface area is 140 Å². The summed E-state index contributed by atoms with van der Waals surface area (Å²) in [6.45, 7) is 1.44. The molecule has 2 N–H and O–H groups in total. The van der Waals surface area contributed by atoms with Crippen LogP contribution in [0.4, 0.5) is 0 Å². The Balaban J connectivity index is 1.65. The van der Waals surface area contributed by atoms with E-state index >= 15 is 0 Å². The molecular formula is C17H18Cl2N2O. The van der Waals surface area contributed by atoms with Gasteiger partial charge in [-0.25, -0.2) is 0 Å². The van der Waals surface area contributed by atoms with E-state index in [2.05, 4.69) is 10.6 Å². The molecule has 3 nitrogen and oxygen atoms in total. The third-order valence-corrected chi connectivity index (χ3v) is 3.80. The molecule has 116 valence electrons. The highest BCUT2D eigenvalue weighted by Crippen LogP contribution is 2.14. The first kappa shape index (κ1) is 16.8. The lowest BCUT2D eigenvalue weighted by atomic mass is 10.1. The van der Waals surface area contributed by atoms with Crippen LogP contribution in [0.3, 0.4) is 0 Å². The van der Waals surface area contributed by atoms with Crippen LogP contribution in [0.2, 0.25) is 10.0 Å². The van der Waals surface area contributed by atoms with Crippen molar-refractivity contribution in [1.29, 1.82) is 0 Å². The van der Waals surface area contributed by atoms with Crippen LogP contribution in [0.5, 0.6) is 0 Å². The van der Waals surface area contributed by atoms with Crippen molar-refractivity contribution in [2.24, 2.45) is 0 Å². The topological polar surface area (TPSA) is 41.1 Å². The zero-order chi connectivity index (χ0) is 15.8. The Morgan fingerprint density at radius 3 is 2.64 bits per heavy atom. The van der Waals surface area contributed by atoms with Crippen LogP contribution in [-0.4, -0.2) is 19.0 Å². The van der Waals surface area contributed by atoms with Crippen LogP contribution < -0.4 is 10.6 Å². The van der Waals surface area contributed by atoms with E-state index in [1.54, 1.807) is 0 Å². The second-order valence-electron chi connectivity index (χ2n) is 4.92. The van der Waals surface area contributed by atoms with Gasteiger partial charge in [0.25, 0.3) is 0 Å². The van der Waals surface area contributed by atoms with Crippen molar-refractivity contribution in [1.82, 2.24) is 10.6 Å². The van der Waals surface area contributed by atoms with E-state index in [1.807, 2.05) is 48.5 Å². The molecule has 2 aromatic rings. The minimum atomic E-state index is -0.0500. The first-order valence-corrected chi connectivity index (χ1v) is 7.86. The molecule has 0 heterocycles. The van der Waals surface area contributed by atoms with Crippen LogP contribution >= 0.6 is 23.2 Å². The third kappa shape index (κ3) is 5.68. The molecule has 5 heteroatoms. The fraction of sp³-hybridized carbons (Fsp3) is 0.235. The van der Waals surface area contributed by atoms with Crippen LogP contribution in [0, 0.1) is 0 Å². The number of amides is 1. The standard InChI is InChI=1S/C17H18Cl2N2O/c18-15-6-3-4-13(10-15)8-9-20-12-17(22)21-11-14-5-1-2-7-16(14)19/h1-7,10,20H,8-9,11-12H2,(H,21,22). The van der Waals surface area contributed by atoms with Gasteiger partial charge in [0.15, 0.2) is 0 Å². The number of nitrogens with one attached hydrogen (secondary N) is 2. The summed E-state index contributed by atoms with van der Waals surface area (Å²) >= 11 is 12.0. The largest absolute Gasteiger partial charge is 0.351 e. The molecule has 22 heavy (non-hydrogen) atoms. The maximum absolute atomic E-state index is 11.8. The lowest BCUT2D eigenvalue weighted by Crippen LogP contribution is -2.34. The van der Waals surface area contributed by atoms with Gasteiger partial charge in [0.2, 0.25) is 5.91 Å². The number of carbonyl (C=O) groups excluding carboxylic acids is 1. The molecule has 2 aromatic carbocycles. The molecule has 0 aliphatic rings. The van der Waals surface area contributed by atoms with Gasteiger partial charge in [0.05, 0.1) is 6.54 Å². The molecule has 2 rings (SSSR count). The van der Waals surface area contributed by atoms with Gasteiger partial charge < -0.3 is 10.6 Å². The minimum Gasteiger partial charge on any atom is -0.351 e. The van der Waals surface area contributed by atoms with E-state index in [4.69, 9.17) is 23.2 Å². The second-order valence-corrected chi connectivity index (χ2v) is 5.77. The Hall–Kier alpha value is -1.55. The number of hydrogen-bond acceptors (Lipinski definition) is 2. The molecule has 0 aromatic heterocycles. The van der Waals surface area contributed by atoms with Gasteiger partial charge in [-0.1, -0.05) is 53.5 Å². The Bertz CT molecular complexity index is 632. The number of hydrogen-bond donors (Lipinski definition) is 2. The van der Waals surface area contributed by atoms with Crippen molar-refractivity contribution < 1.29 is 4.79 Å². The van der Waals surface area contributed by atoms with E-state index in [0.29, 0.717) is 11.6 Å². The fourth-order valence-corrected chi connectivity index (χ4v) is 2.44. The average Bonchev–Trinajstić information content (AvgIpc) is 2.51. The maximum atomic E-state index is 11.8. The van der Waals surface area contributed by atoms with Gasteiger partial charge in [-0.05, 0) is 42.3 Å². The highest BCUT2D eigenvalue weighted by molar-refractivity contribution is 6.31. The van der Waals surface area contributed by atoms with Gasteiger partial charge in [-0.15, -0.1) is 0 Å². The number of carbonyl (C=O) groups is 1. The highest BCUT2D eigenvalue weighted by Gasteiger charge is 2.03. The third-order valence-electron chi connectivity index (χ3n) is 3.20.